The monoisotopic (exact) mass is 426 g/mol. The number of fused-ring (bicyclic) bond motifs is 1. The molecule has 1 atom stereocenters. The lowest BCUT2D eigenvalue weighted by Crippen LogP contribution is -2.60. The third-order valence-electron chi connectivity index (χ3n) is 5.98. The number of para-hydroxylation sites is 1. The molecule has 0 aromatic heterocycles. The number of rotatable bonds is 5. The normalized spacial score (nSPS) is 21.6. The topological polar surface area (TPSA) is 55.9 Å². The van der Waals surface area contributed by atoms with Gasteiger partial charge in [-0.1, -0.05) is 35.9 Å². The molecule has 158 valence electrons. The summed E-state index contributed by atoms with van der Waals surface area (Å²) in [6, 6.07) is 15.7. The molecular weight excluding hydrogens is 400 g/mol. The van der Waals surface area contributed by atoms with E-state index >= 15 is 0 Å². The molecule has 7 heteroatoms. The molecule has 0 bridgehead atoms. The van der Waals surface area contributed by atoms with E-state index in [0.717, 1.165) is 48.1 Å². The molecule has 2 amide bonds. The Balaban J connectivity index is 1.57. The highest BCUT2D eigenvalue weighted by Crippen LogP contribution is 2.41. The van der Waals surface area contributed by atoms with Crippen molar-refractivity contribution in [3.63, 3.8) is 0 Å². The molecule has 0 saturated carbocycles. The van der Waals surface area contributed by atoms with Gasteiger partial charge in [-0.15, -0.1) is 0 Å². The number of nitrogens with one attached hydrogen (secondary N) is 1. The highest BCUT2D eigenvalue weighted by Gasteiger charge is 2.52. The van der Waals surface area contributed by atoms with Gasteiger partial charge in [-0.2, -0.15) is 0 Å². The van der Waals surface area contributed by atoms with E-state index < -0.39 is 5.54 Å². The van der Waals surface area contributed by atoms with Crippen molar-refractivity contribution >= 4 is 34.8 Å². The third kappa shape index (κ3) is 3.66. The van der Waals surface area contributed by atoms with Crippen molar-refractivity contribution in [2.45, 2.75) is 19.4 Å². The maximum Gasteiger partial charge on any atom is 0.258 e. The molecule has 1 saturated heterocycles. The Hall–Kier alpha value is -2.57. The summed E-state index contributed by atoms with van der Waals surface area (Å²) in [6.45, 7) is 7.74. The lowest BCUT2D eigenvalue weighted by molar-refractivity contribution is -0.131. The molecule has 2 aliphatic rings. The molecule has 6 nitrogen and oxygen atoms in total. The summed E-state index contributed by atoms with van der Waals surface area (Å²) >= 11 is 6.14. The number of halogens is 1. The van der Waals surface area contributed by atoms with Crippen LogP contribution in [0, 0.1) is 0 Å². The van der Waals surface area contributed by atoms with Crippen LogP contribution in [-0.2, 0) is 15.1 Å². The standard InChI is InChI=1S/C23H27ClN4O2/c1-3-28-21-10-5-4-9-20(21)23(22(28)30,25-17(2)29)16-26-11-13-27(14-12-26)19-8-6-7-18(24)15-19/h4-10,15H,3,11-14,16H2,1-2H3,(H,25,29)/t23-/m1/s1. The van der Waals surface area contributed by atoms with Gasteiger partial charge in [0.15, 0.2) is 5.54 Å². The van der Waals surface area contributed by atoms with Gasteiger partial charge in [0.25, 0.3) is 5.91 Å². The van der Waals surface area contributed by atoms with Crippen LogP contribution in [0.1, 0.15) is 19.4 Å². The summed E-state index contributed by atoms with van der Waals surface area (Å²) in [5.41, 5.74) is 1.83. The molecule has 2 aliphatic heterocycles. The fraction of sp³-hybridized carbons (Fsp3) is 0.391. The predicted octanol–water partition coefficient (Wildman–Crippen LogP) is 2.86. The lowest BCUT2D eigenvalue weighted by atomic mass is 9.90. The molecular formula is C23H27ClN4O2. The second-order valence-corrected chi connectivity index (χ2v) is 8.33. The highest BCUT2D eigenvalue weighted by molar-refractivity contribution is 6.30. The van der Waals surface area contributed by atoms with Crippen molar-refractivity contribution < 1.29 is 9.59 Å². The summed E-state index contributed by atoms with van der Waals surface area (Å²) in [4.78, 5) is 32.0. The summed E-state index contributed by atoms with van der Waals surface area (Å²) in [7, 11) is 0. The molecule has 1 fully saturated rings. The molecule has 2 aromatic carbocycles. The highest BCUT2D eigenvalue weighted by atomic mass is 35.5. The van der Waals surface area contributed by atoms with Crippen molar-refractivity contribution in [1.82, 2.24) is 10.2 Å². The van der Waals surface area contributed by atoms with E-state index in [1.807, 2.05) is 49.4 Å². The van der Waals surface area contributed by atoms with Crippen LogP contribution in [0.2, 0.25) is 5.02 Å². The molecule has 0 aliphatic carbocycles. The number of anilines is 2. The van der Waals surface area contributed by atoms with Crippen LogP contribution >= 0.6 is 11.6 Å². The zero-order chi connectivity index (χ0) is 21.3. The number of hydrogen-bond acceptors (Lipinski definition) is 4. The van der Waals surface area contributed by atoms with E-state index in [9.17, 15) is 9.59 Å². The fourth-order valence-corrected chi connectivity index (χ4v) is 4.81. The third-order valence-corrected chi connectivity index (χ3v) is 6.21. The van der Waals surface area contributed by atoms with Crippen molar-refractivity contribution in [1.29, 1.82) is 0 Å². The van der Waals surface area contributed by atoms with Gasteiger partial charge >= 0.3 is 0 Å². The van der Waals surface area contributed by atoms with Gasteiger partial charge in [-0.25, -0.2) is 0 Å². The average molecular weight is 427 g/mol. The maximum atomic E-state index is 13.5. The van der Waals surface area contributed by atoms with Crippen molar-refractivity contribution in [3.05, 3.63) is 59.1 Å². The average Bonchev–Trinajstić information content (AvgIpc) is 2.96. The number of nitrogens with zero attached hydrogens (tertiary/aromatic N) is 3. The lowest BCUT2D eigenvalue weighted by Gasteiger charge is -2.40. The first kappa shape index (κ1) is 20.7. The molecule has 0 radical (unpaired) electrons. The zero-order valence-corrected chi connectivity index (χ0v) is 18.2. The minimum atomic E-state index is -1.04. The van der Waals surface area contributed by atoms with E-state index in [2.05, 4.69) is 21.2 Å². The Bertz CT molecular complexity index is 958. The number of hydrogen-bond donors (Lipinski definition) is 1. The van der Waals surface area contributed by atoms with Crippen LogP contribution < -0.4 is 15.1 Å². The summed E-state index contributed by atoms with van der Waals surface area (Å²) in [5.74, 6) is -0.257. The fourth-order valence-electron chi connectivity index (χ4n) is 4.62. The van der Waals surface area contributed by atoms with E-state index in [1.165, 1.54) is 6.92 Å². The van der Waals surface area contributed by atoms with E-state index in [4.69, 9.17) is 11.6 Å². The van der Waals surface area contributed by atoms with Crippen LogP contribution in [0.4, 0.5) is 11.4 Å². The van der Waals surface area contributed by atoms with E-state index in [-0.39, 0.29) is 11.8 Å². The number of piperazine rings is 1. The van der Waals surface area contributed by atoms with Gasteiger partial charge in [-0.3, -0.25) is 14.5 Å². The minimum Gasteiger partial charge on any atom is -0.369 e. The van der Waals surface area contributed by atoms with Gasteiger partial charge < -0.3 is 15.1 Å². The van der Waals surface area contributed by atoms with Gasteiger partial charge in [0, 0.05) is 68.2 Å². The molecule has 1 N–H and O–H groups in total. The number of benzene rings is 2. The molecule has 2 aromatic rings. The Morgan fingerprint density at radius 1 is 1.10 bits per heavy atom. The van der Waals surface area contributed by atoms with Gasteiger partial charge in [0.05, 0.1) is 0 Å². The smallest absolute Gasteiger partial charge is 0.258 e. The predicted molar refractivity (Wildman–Crippen MR) is 120 cm³/mol. The number of amides is 2. The Morgan fingerprint density at radius 3 is 2.50 bits per heavy atom. The largest absolute Gasteiger partial charge is 0.369 e. The van der Waals surface area contributed by atoms with E-state index in [1.54, 1.807) is 4.90 Å². The minimum absolute atomic E-state index is 0.0568. The zero-order valence-electron chi connectivity index (χ0n) is 17.4. The maximum absolute atomic E-state index is 13.5. The SMILES string of the molecule is CCN1C(=O)[C@](CN2CCN(c3cccc(Cl)c3)CC2)(NC(C)=O)c2ccccc21. The van der Waals surface area contributed by atoms with Crippen molar-refractivity contribution in [2.24, 2.45) is 0 Å². The molecule has 0 spiro atoms. The molecule has 4 rings (SSSR count). The van der Waals surface area contributed by atoms with Crippen molar-refractivity contribution in [3.8, 4) is 0 Å². The van der Waals surface area contributed by atoms with Gasteiger partial charge in [0.2, 0.25) is 5.91 Å². The van der Waals surface area contributed by atoms with Crippen LogP contribution in [0.25, 0.3) is 0 Å². The Labute approximate surface area is 182 Å². The van der Waals surface area contributed by atoms with Crippen LogP contribution in [0.3, 0.4) is 0 Å². The quantitative estimate of drug-likeness (QED) is 0.798. The van der Waals surface area contributed by atoms with Crippen LogP contribution in [0.15, 0.2) is 48.5 Å². The summed E-state index contributed by atoms with van der Waals surface area (Å²) < 4.78 is 0. The van der Waals surface area contributed by atoms with Crippen LogP contribution in [0.5, 0.6) is 0 Å². The van der Waals surface area contributed by atoms with Gasteiger partial charge in [-0.05, 0) is 31.2 Å². The second kappa shape index (κ2) is 8.28. The number of likely N-dealkylation sites (N-methyl/N-ethyl adjacent to an activating group) is 1. The first-order valence-corrected chi connectivity index (χ1v) is 10.8. The first-order valence-electron chi connectivity index (χ1n) is 10.4. The first-order chi connectivity index (χ1) is 14.4. The molecule has 2 heterocycles. The van der Waals surface area contributed by atoms with Crippen molar-refractivity contribution in [2.75, 3.05) is 49.1 Å². The molecule has 30 heavy (non-hydrogen) atoms. The number of carbonyl (C=O) groups excluding carboxylic acids is 2. The Morgan fingerprint density at radius 2 is 1.83 bits per heavy atom. The second-order valence-electron chi connectivity index (χ2n) is 7.90. The van der Waals surface area contributed by atoms with Crippen LogP contribution in [-0.4, -0.2) is 56.0 Å². The summed E-state index contributed by atoms with van der Waals surface area (Å²) in [6.07, 6.45) is 0. The van der Waals surface area contributed by atoms with Gasteiger partial charge in [0.1, 0.15) is 0 Å². The molecule has 0 unspecified atom stereocenters. The Kier molecular flexibility index (Phi) is 5.71. The summed E-state index contributed by atoms with van der Waals surface area (Å²) in [5, 5.41) is 3.75. The number of carbonyl (C=O) groups is 2. The van der Waals surface area contributed by atoms with E-state index in [0.29, 0.717) is 13.1 Å².